The molecule has 0 radical (unpaired) electrons. The van der Waals surface area contributed by atoms with Crippen molar-refractivity contribution >= 4 is 11.6 Å². The van der Waals surface area contributed by atoms with Crippen LogP contribution in [0, 0.1) is 0 Å². The highest BCUT2D eigenvalue weighted by molar-refractivity contribution is 5.92. The van der Waals surface area contributed by atoms with Crippen LogP contribution in [0.25, 0.3) is 23.1 Å². The lowest BCUT2D eigenvalue weighted by Gasteiger charge is -2.10. The Hall–Kier alpha value is -4.07. The molecule has 30 heavy (non-hydrogen) atoms. The first kappa shape index (κ1) is 19.3. The number of carbonyl (C=O) groups excluding carboxylic acids is 1. The standard InChI is InChI=1S/C22H19N3O5/c1-27-17-10-5-14(12-19(17)28-2)13-20(26)23-16-8-6-15(7-9-16)21-24-25-22(30-21)18-4-3-11-29-18/h3-12H,13H2,1-2H3,(H,23,26). The maximum atomic E-state index is 12.4. The fraction of sp³-hybridized carbons (Fsp3) is 0.136. The monoisotopic (exact) mass is 405 g/mol. The highest BCUT2D eigenvalue weighted by atomic mass is 16.5. The van der Waals surface area contributed by atoms with Crippen LogP contribution in [0.1, 0.15) is 5.56 Å². The molecule has 1 amide bonds. The Balaban J connectivity index is 1.40. The van der Waals surface area contributed by atoms with Gasteiger partial charge in [0.25, 0.3) is 5.89 Å². The van der Waals surface area contributed by atoms with E-state index in [-0.39, 0.29) is 12.3 Å². The summed E-state index contributed by atoms with van der Waals surface area (Å²) in [5.74, 6) is 2.24. The number of methoxy groups -OCH3 is 2. The van der Waals surface area contributed by atoms with E-state index < -0.39 is 0 Å². The van der Waals surface area contributed by atoms with Crippen LogP contribution in [0.15, 0.2) is 69.7 Å². The normalized spacial score (nSPS) is 10.6. The topological polar surface area (TPSA) is 99.6 Å². The SMILES string of the molecule is COc1ccc(CC(=O)Nc2ccc(-c3nnc(-c4ccco4)o3)cc2)cc1OC. The number of nitrogens with one attached hydrogen (secondary N) is 1. The molecule has 4 rings (SSSR count). The number of hydrogen-bond acceptors (Lipinski definition) is 7. The molecule has 0 atom stereocenters. The molecule has 0 spiro atoms. The number of benzene rings is 2. The van der Waals surface area contributed by atoms with Crippen molar-refractivity contribution in [2.24, 2.45) is 0 Å². The lowest BCUT2D eigenvalue weighted by Crippen LogP contribution is -2.14. The van der Waals surface area contributed by atoms with Crippen molar-refractivity contribution in [1.29, 1.82) is 0 Å². The Bertz CT molecular complexity index is 1130. The molecule has 4 aromatic rings. The van der Waals surface area contributed by atoms with E-state index in [1.165, 1.54) is 0 Å². The van der Waals surface area contributed by atoms with Gasteiger partial charge in [0.15, 0.2) is 17.3 Å². The molecule has 0 aliphatic rings. The Morgan fingerprint density at radius 3 is 2.43 bits per heavy atom. The van der Waals surface area contributed by atoms with E-state index in [2.05, 4.69) is 15.5 Å². The molecular weight excluding hydrogens is 386 g/mol. The third-order valence-corrected chi connectivity index (χ3v) is 4.39. The van der Waals surface area contributed by atoms with Gasteiger partial charge in [-0.2, -0.15) is 0 Å². The fourth-order valence-corrected chi connectivity index (χ4v) is 2.92. The number of rotatable bonds is 7. The number of nitrogens with zero attached hydrogens (tertiary/aromatic N) is 2. The van der Waals surface area contributed by atoms with Crippen LogP contribution in [-0.2, 0) is 11.2 Å². The van der Waals surface area contributed by atoms with Gasteiger partial charge < -0.3 is 23.6 Å². The predicted molar refractivity (Wildman–Crippen MR) is 109 cm³/mol. The number of anilines is 1. The highest BCUT2D eigenvalue weighted by Gasteiger charge is 2.13. The van der Waals surface area contributed by atoms with Gasteiger partial charge in [0.1, 0.15) is 0 Å². The Morgan fingerprint density at radius 1 is 0.967 bits per heavy atom. The Labute approximate surface area is 172 Å². The van der Waals surface area contributed by atoms with Crippen molar-refractivity contribution in [2.45, 2.75) is 6.42 Å². The van der Waals surface area contributed by atoms with Crippen LogP contribution >= 0.6 is 0 Å². The van der Waals surface area contributed by atoms with Gasteiger partial charge in [0.05, 0.1) is 26.9 Å². The van der Waals surface area contributed by atoms with Crippen molar-refractivity contribution in [3.05, 3.63) is 66.4 Å². The van der Waals surface area contributed by atoms with E-state index in [0.717, 1.165) is 11.1 Å². The molecule has 1 N–H and O–H groups in total. The van der Waals surface area contributed by atoms with Crippen LogP contribution in [-0.4, -0.2) is 30.3 Å². The van der Waals surface area contributed by atoms with E-state index in [1.807, 2.05) is 6.07 Å². The minimum absolute atomic E-state index is 0.145. The number of amides is 1. The van der Waals surface area contributed by atoms with Crippen LogP contribution in [0.5, 0.6) is 11.5 Å². The fourth-order valence-electron chi connectivity index (χ4n) is 2.92. The molecule has 0 fully saturated rings. The molecule has 8 nitrogen and oxygen atoms in total. The average Bonchev–Trinajstić information content (AvgIpc) is 3.46. The summed E-state index contributed by atoms with van der Waals surface area (Å²) in [6.07, 6.45) is 1.75. The largest absolute Gasteiger partial charge is 0.493 e. The third-order valence-electron chi connectivity index (χ3n) is 4.39. The van der Waals surface area contributed by atoms with Crippen molar-refractivity contribution in [3.63, 3.8) is 0 Å². The Morgan fingerprint density at radius 2 is 1.73 bits per heavy atom. The number of hydrogen-bond donors (Lipinski definition) is 1. The maximum Gasteiger partial charge on any atom is 0.283 e. The van der Waals surface area contributed by atoms with Crippen molar-refractivity contribution in [1.82, 2.24) is 10.2 Å². The minimum Gasteiger partial charge on any atom is -0.493 e. The smallest absolute Gasteiger partial charge is 0.283 e. The number of aromatic nitrogens is 2. The molecule has 2 aromatic heterocycles. The number of carbonyl (C=O) groups is 1. The summed E-state index contributed by atoms with van der Waals surface area (Å²) in [5.41, 5.74) is 2.21. The molecule has 8 heteroatoms. The molecule has 0 aliphatic heterocycles. The van der Waals surface area contributed by atoms with Gasteiger partial charge in [-0.05, 0) is 54.1 Å². The first-order valence-corrected chi connectivity index (χ1v) is 9.15. The predicted octanol–water partition coefficient (Wildman–Crippen LogP) is 4.20. The van der Waals surface area contributed by atoms with Crippen LogP contribution in [0.2, 0.25) is 0 Å². The van der Waals surface area contributed by atoms with E-state index in [4.69, 9.17) is 18.3 Å². The number of ether oxygens (including phenoxy) is 2. The van der Waals surface area contributed by atoms with Gasteiger partial charge in [-0.15, -0.1) is 10.2 Å². The second-order valence-corrected chi connectivity index (χ2v) is 6.38. The molecular formula is C22H19N3O5. The van der Waals surface area contributed by atoms with Gasteiger partial charge in [0.2, 0.25) is 11.8 Å². The van der Waals surface area contributed by atoms with Gasteiger partial charge in [-0.3, -0.25) is 4.79 Å². The summed E-state index contributed by atoms with van der Waals surface area (Å²) < 4.78 is 21.4. The summed E-state index contributed by atoms with van der Waals surface area (Å²) in [5, 5.41) is 10.9. The van der Waals surface area contributed by atoms with Crippen LogP contribution < -0.4 is 14.8 Å². The van der Waals surface area contributed by atoms with Gasteiger partial charge >= 0.3 is 0 Å². The third kappa shape index (κ3) is 4.17. The maximum absolute atomic E-state index is 12.4. The van der Waals surface area contributed by atoms with E-state index >= 15 is 0 Å². The first-order valence-electron chi connectivity index (χ1n) is 9.15. The zero-order valence-electron chi connectivity index (χ0n) is 16.4. The average molecular weight is 405 g/mol. The lowest BCUT2D eigenvalue weighted by molar-refractivity contribution is -0.115. The van der Waals surface area contributed by atoms with E-state index in [9.17, 15) is 4.79 Å². The highest BCUT2D eigenvalue weighted by Crippen LogP contribution is 2.28. The van der Waals surface area contributed by atoms with Gasteiger partial charge in [-0.25, -0.2) is 0 Å². The molecule has 0 aliphatic carbocycles. The summed E-state index contributed by atoms with van der Waals surface area (Å²) in [4.78, 5) is 12.4. The summed E-state index contributed by atoms with van der Waals surface area (Å²) >= 11 is 0. The van der Waals surface area contributed by atoms with Gasteiger partial charge in [0, 0.05) is 11.3 Å². The second-order valence-electron chi connectivity index (χ2n) is 6.38. The van der Waals surface area contributed by atoms with Crippen LogP contribution in [0.3, 0.4) is 0 Å². The Kier molecular flexibility index (Phi) is 5.47. The molecule has 0 bridgehead atoms. The minimum atomic E-state index is -0.145. The van der Waals surface area contributed by atoms with Gasteiger partial charge in [-0.1, -0.05) is 6.07 Å². The quantitative estimate of drug-likeness (QED) is 0.492. The van der Waals surface area contributed by atoms with Crippen molar-refractivity contribution < 1.29 is 23.1 Å². The molecule has 152 valence electrons. The van der Waals surface area contributed by atoms with Crippen molar-refractivity contribution in [3.8, 4) is 34.6 Å². The zero-order valence-corrected chi connectivity index (χ0v) is 16.4. The first-order chi connectivity index (χ1) is 14.7. The van der Waals surface area contributed by atoms with Crippen LogP contribution in [0.4, 0.5) is 5.69 Å². The molecule has 0 saturated heterocycles. The molecule has 2 aromatic carbocycles. The van der Waals surface area contributed by atoms with E-state index in [0.29, 0.717) is 34.7 Å². The summed E-state index contributed by atoms with van der Waals surface area (Å²) in [7, 11) is 3.13. The van der Waals surface area contributed by atoms with Crippen molar-refractivity contribution in [2.75, 3.05) is 19.5 Å². The summed E-state index contributed by atoms with van der Waals surface area (Å²) in [6.45, 7) is 0. The summed E-state index contributed by atoms with van der Waals surface area (Å²) in [6, 6.07) is 16.0. The lowest BCUT2D eigenvalue weighted by atomic mass is 10.1. The second kappa shape index (κ2) is 8.52. The molecule has 0 saturated carbocycles. The molecule has 2 heterocycles. The zero-order chi connectivity index (χ0) is 20.9. The molecule has 0 unspecified atom stereocenters. The number of furan rings is 1. The van der Waals surface area contributed by atoms with E-state index in [1.54, 1.807) is 69.0 Å².